The second kappa shape index (κ2) is 6.77. The average Bonchev–Trinajstić information content (AvgIpc) is 2.98. The van der Waals surface area contributed by atoms with Crippen LogP contribution in [0.5, 0.6) is 5.75 Å². The maximum Gasteiger partial charge on any atom is 0.266 e. The molecule has 140 valence electrons. The minimum atomic E-state index is -0.142. The SMILES string of the molecule is COc1ccc2c(c1)c(N=N/C(C)=C\C(C)=O)c1[nH]c3ccccc3c(=O)n12. The summed E-state index contributed by atoms with van der Waals surface area (Å²) < 4.78 is 6.93. The number of nitrogens with zero attached hydrogens (tertiary/aromatic N) is 3. The first-order chi connectivity index (χ1) is 13.5. The van der Waals surface area contributed by atoms with Crippen LogP contribution in [0, 0.1) is 0 Å². The smallest absolute Gasteiger partial charge is 0.266 e. The first-order valence-corrected chi connectivity index (χ1v) is 8.73. The number of carbonyl (C=O) groups is 1. The van der Waals surface area contributed by atoms with Crippen molar-refractivity contribution in [3.05, 3.63) is 64.6 Å². The van der Waals surface area contributed by atoms with E-state index in [4.69, 9.17) is 4.74 Å². The van der Waals surface area contributed by atoms with Crippen LogP contribution in [0.25, 0.3) is 27.5 Å². The molecule has 4 rings (SSSR count). The summed E-state index contributed by atoms with van der Waals surface area (Å²) in [4.78, 5) is 27.7. The molecule has 0 saturated heterocycles. The standard InChI is InChI=1S/C21H18N4O3/c1-12(10-13(2)26)23-24-19-16-11-14(28-3)8-9-18(16)25-20(19)22-17-7-5-4-6-15(17)21(25)27/h4-11,22H,1-3H3/b12-10-,24-23?. The maximum atomic E-state index is 13.1. The Morgan fingerprint density at radius 3 is 2.68 bits per heavy atom. The molecule has 1 N–H and O–H groups in total. The quantitative estimate of drug-likeness (QED) is 0.421. The van der Waals surface area contributed by atoms with Crippen LogP contribution in [-0.4, -0.2) is 22.3 Å². The van der Waals surface area contributed by atoms with Gasteiger partial charge in [0.1, 0.15) is 17.1 Å². The summed E-state index contributed by atoms with van der Waals surface area (Å²) in [5.74, 6) is 0.539. The number of aromatic amines is 1. The number of benzene rings is 2. The van der Waals surface area contributed by atoms with E-state index >= 15 is 0 Å². The molecule has 2 aromatic carbocycles. The number of para-hydroxylation sites is 1. The maximum absolute atomic E-state index is 13.1. The number of methoxy groups -OCH3 is 1. The highest BCUT2D eigenvalue weighted by molar-refractivity contribution is 6.02. The molecule has 0 amide bonds. The van der Waals surface area contributed by atoms with Gasteiger partial charge in [-0.25, -0.2) is 0 Å². The molecule has 28 heavy (non-hydrogen) atoms. The minimum Gasteiger partial charge on any atom is -0.497 e. The molecule has 0 aliphatic heterocycles. The summed E-state index contributed by atoms with van der Waals surface area (Å²) in [5, 5.41) is 9.82. The molecule has 0 saturated carbocycles. The lowest BCUT2D eigenvalue weighted by molar-refractivity contribution is -0.112. The predicted molar refractivity (Wildman–Crippen MR) is 109 cm³/mol. The van der Waals surface area contributed by atoms with Gasteiger partial charge in [0.2, 0.25) is 0 Å². The van der Waals surface area contributed by atoms with Gasteiger partial charge in [0.15, 0.2) is 5.78 Å². The van der Waals surface area contributed by atoms with Crippen molar-refractivity contribution < 1.29 is 9.53 Å². The molecule has 0 fully saturated rings. The molecule has 0 bridgehead atoms. The number of H-pyrrole nitrogens is 1. The highest BCUT2D eigenvalue weighted by Crippen LogP contribution is 2.35. The molecule has 0 atom stereocenters. The van der Waals surface area contributed by atoms with Crippen molar-refractivity contribution in [1.82, 2.24) is 9.38 Å². The molecular weight excluding hydrogens is 356 g/mol. The molecule has 0 unspecified atom stereocenters. The predicted octanol–water partition coefficient (Wildman–Crippen LogP) is 4.52. The molecule has 7 nitrogen and oxygen atoms in total. The Balaban J connectivity index is 2.11. The number of aromatic nitrogens is 2. The Kier molecular flexibility index (Phi) is 4.27. The molecule has 0 radical (unpaired) electrons. The minimum absolute atomic E-state index is 0.107. The van der Waals surface area contributed by atoms with Gasteiger partial charge in [-0.1, -0.05) is 12.1 Å². The zero-order valence-electron chi connectivity index (χ0n) is 15.7. The van der Waals surface area contributed by atoms with E-state index in [0.29, 0.717) is 39.2 Å². The first-order valence-electron chi connectivity index (χ1n) is 8.73. The molecule has 4 aromatic rings. The Hall–Kier alpha value is -3.74. The zero-order valence-corrected chi connectivity index (χ0v) is 15.7. The molecular formula is C21H18N4O3. The topological polar surface area (TPSA) is 88.3 Å². The third kappa shape index (κ3) is 2.87. The lowest BCUT2D eigenvalue weighted by atomic mass is 10.2. The lowest BCUT2D eigenvalue weighted by Gasteiger charge is -2.02. The number of carbonyl (C=O) groups excluding carboxylic acids is 1. The van der Waals surface area contributed by atoms with Crippen LogP contribution >= 0.6 is 0 Å². The Morgan fingerprint density at radius 2 is 1.93 bits per heavy atom. The Labute approximate surface area is 160 Å². The summed E-state index contributed by atoms with van der Waals surface area (Å²) >= 11 is 0. The zero-order chi connectivity index (χ0) is 19.8. The normalized spacial score (nSPS) is 12.5. The van der Waals surface area contributed by atoms with Crippen LogP contribution in [0.15, 0.2) is 69.3 Å². The van der Waals surface area contributed by atoms with Gasteiger partial charge in [0, 0.05) is 11.5 Å². The van der Waals surface area contributed by atoms with Gasteiger partial charge in [-0.3, -0.25) is 14.0 Å². The second-order valence-corrected chi connectivity index (χ2v) is 6.49. The number of ketones is 1. The molecule has 0 spiro atoms. The summed E-state index contributed by atoms with van der Waals surface area (Å²) in [5.41, 5.74) is 2.79. The van der Waals surface area contributed by atoms with E-state index < -0.39 is 0 Å². The summed E-state index contributed by atoms with van der Waals surface area (Å²) in [6.45, 7) is 3.15. The van der Waals surface area contributed by atoms with E-state index in [1.807, 2.05) is 30.3 Å². The van der Waals surface area contributed by atoms with Gasteiger partial charge in [-0.2, -0.15) is 5.11 Å². The number of hydrogen-bond acceptors (Lipinski definition) is 5. The van der Waals surface area contributed by atoms with E-state index in [1.165, 1.54) is 13.0 Å². The van der Waals surface area contributed by atoms with Crippen molar-refractivity contribution in [3.8, 4) is 5.75 Å². The number of nitrogens with one attached hydrogen (secondary N) is 1. The van der Waals surface area contributed by atoms with Crippen LogP contribution in [0.4, 0.5) is 5.69 Å². The number of fused-ring (bicyclic) bond motifs is 4. The van der Waals surface area contributed by atoms with E-state index in [9.17, 15) is 9.59 Å². The molecule has 2 aromatic heterocycles. The van der Waals surface area contributed by atoms with E-state index in [1.54, 1.807) is 30.6 Å². The molecule has 0 aliphatic rings. The molecule has 0 aliphatic carbocycles. The summed E-state index contributed by atoms with van der Waals surface area (Å²) in [6.07, 6.45) is 1.41. The molecule has 2 heterocycles. The number of azo groups is 1. The number of rotatable bonds is 4. The highest BCUT2D eigenvalue weighted by atomic mass is 16.5. The van der Waals surface area contributed by atoms with Crippen molar-refractivity contribution in [2.45, 2.75) is 13.8 Å². The Morgan fingerprint density at radius 1 is 1.14 bits per heavy atom. The largest absolute Gasteiger partial charge is 0.497 e. The van der Waals surface area contributed by atoms with E-state index in [0.717, 1.165) is 5.39 Å². The third-order valence-electron chi connectivity index (χ3n) is 4.48. The van der Waals surface area contributed by atoms with Gasteiger partial charge in [-0.05, 0) is 44.2 Å². The van der Waals surface area contributed by atoms with Crippen molar-refractivity contribution in [3.63, 3.8) is 0 Å². The van der Waals surface area contributed by atoms with E-state index in [-0.39, 0.29) is 11.3 Å². The molecule has 7 heteroatoms. The second-order valence-electron chi connectivity index (χ2n) is 6.49. The summed E-state index contributed by atoms with van der Waals surface area (Å²) in [6, 6.07) is 12.8. The van der Waals surface area contributed by atoms with Crippen LogP contribution in [0.1, 0.15) is 13.8 Å². The van der Waals surface area contributed by atoms with Crippen LogP contribution in [-0.2, 0) is 4.79 Å². The summed E-state index contributed by atoms with van der Waals surface area (Å²) in [7, 11) is 1.58. The van der Waals surface area contributed by atoms with Gasteiger partial charge in [0.25, 0.3) is 5.56 Å². The number of ether oxygens (including phenoxy) is 1. The van der Waals surface area contributed by atoms with Crippen LogP contribution in [0.3, 0.4) is 0 Å². The monoisotopic (exact) mass is 374 g/mol. The fourth-order valence-corrected chi connectivity index (χ4v) is 3.29. The lowest BCUT2D eigenvalue weighted by Crippen LogP contribution is -2.13. The fourth-order valence-electron chi connectivity index (χ4n) is 3.29. The Bertz CT molecular complexity index is 1360. The van der Waals surface area contributed by atoms with Gasteiger partial charge >= 0.3 is 0 Å². The third-order valence-corrected chi connectivity index (χ3v) is 4.48. The van der Waals surface area contributed by atoms with E-state index in [2.05, 4.69) is 15.2 Å². The highest BCUT2D eigenvalue weighted by Gasteiger charge is 2.17. The van der Waals surface area contributed by atoms with Crippen molar-refractivity contribution >= 4 is 38.9 Å². The van der Waals surface area contributed by atoms with Gasteiger partial charge in [0.05, 0.1) is 29.2 Å². The average molecular weight is 374 g/mol. The number of allylic oxidation sites excluding steroid dienone is 2. The van der Waals surface area contributed by atoms with Crippen LogP contribution < -0.4 is 10.3 Å². The van der Waals surface area contributed by atoms with Crippen LogP contribution in [0.2, 0.25) is 0 Å². The van der Waals surface area contributed by atoms with Gasteiger partial charge < -0.3 is 9.72 Å². The number of hydrogen-bond donors (Lipinski definition) is 1. The first kappa shape index (κ1) is 17.7. The van der Waals surface area contributed by atoms with Crippen molar-refractivity contribution in [2.75, 3.05) is 7.11 Å². The fraction of sp³-hybridized carbons (Fsp3) is 0.143. The van der Waals surface area contributed by atoms with Crippen molar-refractivity contribution in [1.29, 1.82) is 0 Å². The van der Waals surface area contributed by atoms with Gasteiger partial charge in [-0.15, -0.1) is 5.11 Å². The van der Waals surface area contributed by atoms with Crippen molar-refractivity contribution in [2.24, 2.45) is 10.2 Å².